The average Bonchev–Trinajstić information content (AvgIpc) is 2.88. The highest BCUT2D eigenvalue weighted by atomic mass is 14.9. The molecule has 1 aromatic carbocycles. The molecular weight excluding hydrogens is 218 g/mol. The van der Waals surface area contributed by atoms with Gasteiger partial charge in [-0.05, 0) is 30.4 Å². The minimum Gasteiger partial charge on any atom is -0.310 e. The van der Waals surface area contributed by atoms with Gasteiger partial charge in [-0.15, -0.1) is 0 Å². The molecule has 1 heteroatoms. The maximum Gasteiger partial charge on any atom is 0.0343 e. The molecule has 0 aromatic heterocycles. The van der Waals surface area contributed by atoms with Crippen LogP contribution in [0.2, 0.25) is 0 Å². The third kappa shape index (κ3) is 3.84. The second-order valence-corrected chi connectivity index (χ2v) is 6.03. The van der Waals surface area contributed by atoms with Crippen LogP contribution >= 0.6 is 0 Å². The van der Waals surface area contributed by atoms with Crippen LogP contribution in [0.3, 0.4) is 0 Å². The van der Waals surface area contributed by atoms with Gasteiger partial charge in [0.25, 0.3) is 0 Å². The molecule has 2 rings (SSSR count). The van der Waals surface area contributed by atoms with Crippen LogP contribution in [0.25, 0.3) is 0 Å². The fourth-order valence-electron chi connectivity index (χ4n) is 3.14. The van der Waals surface area contributed by atoms with Crippen molar-refractivity contribution in [3.05, 3.63) is 35.9 Å². The Kier molecular flexibility index (Phi) is 5.25. The van der Waals surface area contributed by atoms with E-state index in [2.05, 4.69) is 49.5 Å². The first kappa shape index (κ1) is 13.6. The molecule has 1 aromatic rings. The quantitative estimate of drug-likeness (QED) is 0.775. The third-order valence-electron chi connectivity index (χ3n) is 4.22. The van der Waals surface area contributed by atoms with E-state index in [0.717, 1.165) is 5.92 Å². The Morgan fingerprint density at radius 2 is 1.78 bits per heavy atom. The van der Waals surface area contributed by atoms with Gasteiger partial charge in [-0.25, -0.2) is 0 Å². The van der Waals surface area contributed by atoms with Crippen molar-refractivity contribution in [3.8, 4) is 0 Å². The van der Waals surface area contributed by atoms with Gasteiger partial charge in [0, 0.05) is 6.04 Å². The smallest absolute Gasteiger partial charge is 0.0343 e. The summed E-state index contributed by atoms with van der Waals surface area (Å²) in [5, 5.41) is 3.76. The molecule has 1 unspecified atom stereocenters. The normalized spacial score (nSPS) is 18.4. The Hall–Kier alpha value is -0.820. The summed E-state index contributed by atoms with van der Waals surface area (Å²) >= 11 is 0. The van der Waals surface area contributed by atoms with E-state index in [-0.39, 0.29) is 0 Å². The van der Waals surface area contributed by atoms with Crippen LogP contribution in [-0.2, 0) is 0 Å². The van der Waals surface area contributed by atoms with Crippen LogP contribution < -0.4 is 5.32 Å². The van der Waals surface area contributed by atoms with Crippen LogP contribution in [0.1, 0.15) is 57.6 Å². The summed E-state index contributed by atoms with van der Waals surface area (Å²) in [5.41, 5.74) is 1.43. The second-order valence-electron chi connectivity index (χ2n) is 6.03. The third-order valence-corrected chi connectivity index (χ3v) is 4.22. The highest BCUT2D eigenvalue weighted by Gasteiger charge is 2.17. The first-order valence-corrected chi connectivity index (χ1v) is 7.55. The van der Waals surface area contributed by atoms with Crippen LogP contribution in [0.15, 0.2) is 30.3 Å². The number of hydrogen-bond donors (Lipinski definition) is 1. The molecule has 0 bridgehead atoms. The predicted octanol–water partition coefficient (Wildman–Crippen LogP) is 4.55. The van der Waals surface area contributed by atoms with Gasteiger partial charge in [-0.3, -0.25) is 0 Å². The van der Waals surface area contributed by atoms with Gasteiger partial charge in [-0.2, -0.15) is 0 Å². The lowest BCUT2D eigenvalue weighted by Crippen LogP contribution is -2.27. The van der Waals surface area contributed by atoms with Crippen molar-refractivity contribution in [1.29, 1.82) is 0 Å². The van der Waals surface area contributed by atoms with E-state index >= 15 is 0 Å². The van der Waals surface area contributed by atoms with Crippen LogP contribution in [0, 0.1) is 11.8 Å². The largest absolute Gasteiger partial charge is 0.310 e. The van der Waals surface area contributed by atoms with Gasteiger partial charge in [0.15, 0.2) is 0 Å². The van der Waals surface area contributed by atoms with E-state index in [1.165, 1.54) is 44.2 Å². The van der Waals surface area contributed by atoms with Crippen molar-refractivity contribution in [3.63, 3.8) is 0 Å². The van der Waals surface area contributed by atoms with Gasteiger partial charge >= 0.3 is 0 Å². The standard InChI is InChI=1S/C17H27N/c1-14(2)17(16-10-4-3-5-11-16)18-13-12-15-8-6-7-9-15/h3-5,10-11,14-15,17-18H,6-9,12-13H2,1-2H3. The van der Waals surface area contributed by atoms with Gasteiger partial charge in [0.2, 0.25) is 0 Å². The zero-order chi connectivity index (χ0) is 12.8. The molecule has 1 nitrogen and oxygen atoms in total. The summed E-state index contributed by atoms with van der Waals surface area (Å²) in [6.45, 7) is 5.78. The molecule has 0 radical (unpaired) electrons. The lowest BCUT2D eigenvalue weighted by atomic mass is 9.95. The minimum atomic E-state index is 0.507. The van der Waals surface area contributed by atoms with E-state index in [1.54, 1.807) is 0 Å². The monoisotopic (exact) mass is 245 g/mol. The molecule has 1 aliphatic rings. The van der Waals surface area contributed by atoms with Crippen molar-refractivity contribution in [2.24, 2.45) is 11.8 Å². The van der Waals surface area contributed by atoms with E-state index < -0.39 is 0 Å². The first-order valence-electron chi connectivity index (χ1n) is 7.55. The van der Waals surface area contributed by atoms with E-state index in [1.807, 2.05) is 0 Å². The Bertz CT molecular complexity index is 325. The van der Waals surface area contributed by atoms with Crippen LogP contribution in [0.5, 0.6) is 0 Å². The predicted molar refractivity (Wildman–Crippen MR) is 78.6 cm³/mol. The lowest BCUT2D eigenvalue weighted by molar-refractivity contribution is 0.383. The van der Waals surface area contributed by atoms with E-state index in [4.69, 9.17) is 0 Å². The fraction of sp³-hybridized carbons (Fsp3) is 0.647. The summed E-state index contributed by atoms with van der Waals surface area (Å²) in [6, 6.07) is 11.4. The maximum absolute atomic E-state index is 3.76. The maximum atomic E-state index is 3.76. The van der Waals surface area contributed by atoms with Gasteiger partial charge in [0.1, 0.15) is 0 Å². The molecule has 0 heterocycles. The Morgan fingerprint density at radius 1 is 1.11 bits per heavy atom. The summed E-state index contributed by atoms with van der Waals surface area (Å²) < 4.78 is 0. The summed E-state index contributed by atoms with van der Waals surface area (Å²) in [5.74, 6) is 1.64. The molecule has 0 aliphatic heterocycles. The molecule has 1 aliphatic carbocycles. The van der Waals surface area contributed by atoms with Crippen molar-refractivity contribution < 1.29 is 0 Å². The molecular formula is C17H27N. The lowest BCUT2D eigenvalue weighted by Gasteiger charge is -2.23. The van der Waals surface area contributed by atoms with Gasteiger partial charge in [-0.1, -0.05) is 69.9 Å². The Morgan fingerprint density at radius 3 is 2.39 bits per heavy atom. The summed E-state index contributed by atoms with van der Waals surface area (Å²) in [4.78, 5) is 0. The average molecular weight is 245 g/mol. The first-order chi connectivity index (χ1) is 8.77. The highest BCUT2D eigenvalue weighted by Crippen LogP contribution is 2.28. The fourth-order valence-corrected chi connectivity index (χ4v) is 3.14. The number of rotatable bonds is 6. The summed E-state index contributed by atoms with van der Waals surface area (Å²) in [6.07, 6.45) is 7.18. The van der Waals surface area contributed by atoms with Gasteiger partial charge < -0.3 is 5.32 Å². The SMILES string of the molecule is CC(C)C(NCCC1CCCC1)c1ccccc1. The van der Waals surface area contributed by atoms with Crippen molar-refractivity contribution in [2.45, 2.75) is 52.0 Å². The highest BCUT2D eigenvalue weighted by molar-refractivity contribution is 5.19. The molecule has 1 fully saturated rings. The second kappa shape index (κ2) is 6.94. The molecule has 0 saturated heterocycles. The topological polar surface area (TPSA) is 12.0 Å². The van der Waals surface area contributed by atoms with Crippen LogP contribution in [-0.4, -0.2) is 6.54 Å². The zero-order valence-electron chi connectivity index (χ0n) is 11.9. The summed E-state index contributed by atoms with van der Waals surface area (Å²) in [7, 11) is 0. The molecule has 0 spiro atoms. The number of nitrogens with one attached hydrogen (secondary N) is 1. The zero-order valence-corrected chi connectivity index (χ0v) is 11.9. The van der Waals surface area contributed by atoms with Crippen LogP contribution in [0.4, 0.5) is 0 Å². The molecule has 1 N–H and O–H groups in total. The molecule has 1 atom stereocenters. The number of benzene rings is 1. The van der Waals surface area contributed by atoms with E-state index in [0.29, 0.717) is 12.0 Å². The molecule has 1 saturated carbocycles. The minimum absolute atomic E-state index is 0.507. The van der Waals surface area contributed by atoms with Crippen molar-refractivity contribution in [1.82, 2.24) is 5.32 Å². The van der Waals surface area contributed by atoms with Crippen molar-refractivity contribution >= 4 is 0 Å². The van der Waals surface area contributed by atoms with E-state index in [9.17, 15) is 0 Å². The Labute approximate surface area is 112 Å². The van der Waals surface area contributed by atoms with Gasteiger partial charge in [0.05, 0.1) is 0 Å². The van der Waals surface area contributed by atoms with Crippen molar-refractivity contribution in [2.75, 3.05) is 6.54 Å². The number of hydrogen-bond acceptors (Lipinski definition) is 1. The molecule has 0 amide bonds. The molecule has 18 heavy (non-hydrogen) atoms. The molecule has 100 valence electrons. The Balaban J connectivity index is 1.83.